The quantitative estimate of drug-likeness (QED) is 0.865. The third-order valence-corrected chi connectivity index (χ3v) is 3.88. The molecule has 0 radical (unpaired) electrons. The van der Waals surface area contributed by atoms with Gasteiger partial charge in [0, 0.05) is 6.54 Å². The molecule has 0 fully saturated rings. The maximum atomic E-state index is 6.27. The molecule has 108 valence electrons. The molecule has 1 aromatic heterocycles. The van der Waals surface area contributed by atoms with Crippen molar-refractivity contribution in [3.8, 4) is 0 Å². The molecule has 3 nitrogen and oxygen atoms in total. The van der Waals surface area contributed by atoms with Gasteiger partial charge in [0.25, 0.3) is 0 Å². The molecule has 0 saturated carbocycles. The van der Waals surface area contributed by atoms with Gasteiger partial charge in [0.1, 0.15) is 11.6 Å². The number of aryl methyl sites for hydroxylation is 1. The van der Waals surface area contributed by atoms with E-state index >= 15 is 0 Å². The van der Waals surface area contributed by atoms with Crippen LogP contribution in [-0.2, 0) is 13.0 Å². The predicted molar refractivity (Wildman–Crippen MR) is 84.8 cm³/mol. The molecule has 0 aliphatic carbocycles. The lowest BCUT2D eigenvalue weighted by atomic mass is 9.96. The number of unbranched alkanes of at least 4 members (excludes halogenated alkanes) is 1. The maximum Gasteiger partial charge on any atom is 0.126 e. The predicted octanol–water partition coefficient (Wildman–Crippen LogP) is 3.92. The van der Waals surface area contributed by atoms with Crippen LogP contribution in [-0.4, -0.2) is 9.55 Å². The average Bonchev–Trinajstić information content (AvgIpc) is 2.72. The van der Waals surface area contributed by atoms with Gasteiger partial charge in [-0.15, -0.1) is 0 Å². The molecule has 2 aromatic rings. The third-order valence-electron chi connectivity index (χ3n) is 3.88. The molecule has 1 atom stereocenters. The zero-order valence-electron chi connectivity index (χ0n) is 12.8. The third kappa shape index (κ3) is 3.21. The Labute approximate surface area is 121 Å². The first-order chi connectivity index (χ1) is 9.63. The minimum Gasteiger partial charge on any atom is -0.384 e. The van der Waals surface area contributed by atoms with Gasteiger partial charge in [0.05, 0.1) is 5.69 Å². The second-order valence-corrected chi connectivity index (χ2v) is 5.51. The Balaban J connectivity index is 2.14. The number of anilines is 1. The van der Waals surface area contributed by atoms with Crippen LogP contribution in [0.4, 0.5) is 5.82 Å². The van der Waals surface area contributed by atoms with Crippen LogP contribution in [0.25, 0.3) is 0 Å². The zero-order valence-corrected chi connectivity index (χ0v) is 12.8. The van der Waals surface area contributed by atoms with Crippen LogP contribution in [0.2, 0.25) is 0 Å². The summed E-state index contributed by atoms with van der Waals surface area (Å²) in [5, 5.41) is 0. The lowest BCUT2D eigenvalue weighted by Crippen LogP contribution is -2.06. The molecule has 1 heterocycles. The van der Waals surface area contributed by atoms with Crippen LogP contribution in [0.15, 0.2) is 30.3 Å². The van der Waals surface area contributed by atoms with E-state index in [1.54, 1.807) is 0 Å². The molecule has 2 rings (SSSR count). The van der Waals surface area contributed by atoms with Crippen molar-refractivity contribution in [3.05, 3.63) is 47.4 Å². The van der Waals surface area contributed by atoms with Crippen molar-refractivity contribution in [3.63, 3.8) is 0 Å². The standard InChI is InChI=1S/C17H25N3/c1-4-5-11-20-14(3)19-16(17(20)18)12-13(2)15-9-7-6-8-10-15/h6-10,13H,4-5,11-12,18H2,1-3H3. The van der Waals surface area contributed by atoms with E-state index in [0.29, 0.717) is 5.92 Å². The van der Waals surface area contributed by atoms with E-state index in [-0.39, 0.29) is 0 Å². The van der Waals surface area contributed by atoms with Gasteiger partial charge in [-0.2, -0.15) is 0 Å². The number of benzene rings is 1. The average molecular weight is 271 g/mol. The number of nitrogen functional groups attached to an aromatic ring is 1. The summed E-state index contributed by atoms with van der Waals surface area (Å²) in [6, 6.07) is 10.6. The van der Waals surface area contributed by atoms with Crippen LogP contribution in [0, 0.1) is 6.92 Å². The van der Waals surface area contributed by atoms with E-state index in [1.165, 1.54) is 12.0 Å². The minimum atomic E-state index is 0.437. The molecule has 2 N–H and O–H groups in total. The van der Waals surface area contributed by atoms with Gasteiger partial charge >= 0.3 is 0 Å². The van der Waals surface area contributed by atoms with Crippen LogP contribution >= 0.6 is 0 Å². The van der Waals surface area contributed by atoms with Gasteiger partial charge in [0.2, 0.25) is 0 Å². The largest absolute Gasteiger partial charge is 0.384 e. The monoisotopic (exact) mass is 271 g/mol. The summed E-state index contributed by atoms with van der Waals surface area (Å²) >= 11 is 0. The second kappa shape index (κ2) is 6.60. The first kappa shape index (κ1) is 14.6. The summed E-state index contributed by atoms with van der Waals surface area (Å²) in [5.74, 6) is 2.32. The van der Waals surface area contributed by atoms with Gasteiger partial charge in [-0.25, -0.2) is 4.98 Å². The number of aromatic nitrogens is 2. The van der Waals surface area contributed by atoms with Crippen molar-refractivity contribution in [2.45, 2.75) is 52.5 Å². The van der Waals surface area contributed by atoms with Crippen LogP contribution in [0.1, 0.15) is 49.7 Å². The first-order valence-electron chi connectivity index (χ1n) is 7.49. The zero-order chi connectivity index (χ0) is 14.5. The SMILES string of the molecule is CCCCn1c(C)nc(CC(C)c2ccccc2)c1N. The van der Waals surface area contributed by atoms with Crippen molar-refractivity contribution in [2.75, 3.05) is 5.73 Å². The van der Waals surface area contributed by atoms with Gasteiger partial charge in [-0.05, 0) is 31.2 Å². The molecule has 1 aromatic carbocycles. The summed E-state index contributed by atoms with van der Waals surface area (Å²) < 4.78 is 2.15. The van der Waals surface area contributed by atoms with Crippen molar-refractivity contribution in [2.24, 2.45) is 0 Å². The fraction of sp³-hybridized carbons (Fsp3) is 0.471. The van der Waals surface area contributed by atoms with Gasteiger partial charge in [-0.3, -0.25) is 0 Å². The van der Waals surface area contributed by atoms with E-state index in [2.05, 4.69) is 47.7 Å². The normalized spacial score (nSPS) is 12.6. The Morgan fingerprint density at radius 1 is 1.25 bits per heavy atom. The maximum absolute atomic E-state index is 6.27. The van der Waals surface area contributed by atoms with Crippen LogP contribution in [0.3, 0.4) is 0 Å². The summed E-state index contributed by atoms with van der Waals surface area (Å²) in [5.41, 5.74) is 8.65. The van der Waals surface area contributed by atoms with E-state index < -0.39 is 0 Å². The molecule has 3 heteroatoms. The lowest BCUT2D eigenvalue weighted by molar-refractivity contribution is 0.622. The number of rotatable bonds is 6. The fourth-order valence-electron chi connectivity index (χ4n) is 2.58. The smallest absolute Gasteiger partial charge is 0.126 e. The Hall–Kier alpha value is -1.77. The molecule has 0 aliphatic rings. The van der Waals surface area contributed by atoms with Crippen molar-refractivity contribution in [1.29, 1.82) is 0 Å². The topological polar surface area (TPSA) is 43.8 Å². The number of nitrogens with zero attached hydrogens (tertiary/aromatic N) is 2. The molecule has 20 heavy (non-hydrogen) atoms. The van der Waals surface area contributed by atoms with Gasteiger partial charge in [0.15, 0.2) is 0 Å². The van der Waals surface area contributed by atoms with Gasteiger partial charge in [-0.1, -0.05) is 50.6 Å². The Morgan fingerprint density at radius 2 is 1.95 bits per heavy atom. The van der Waals surface area contributed by atoms with Crippen LogP contribution in [0.5, 0.6) is 0 Å². The molecular formula is C17H25N3. The highest BCUT2D eigenvalue weighted by atomic mass is 15.1. The van der Waals surface area contributed by atoms with Crippen molar-refractivity contribution < 1.29 is 0 Å². The van der Waals surface area contributed by atoms with Crippen molar-refractivity contribution >= 4 is 5.82 Å². The minimum absolute atomic E-state index is 0.437. The van der Waals surface area contributed by atoms with Gasteiger partial charge < -0.3 is 10.3 Å². The fourth-order valence-corrected chi connectivity index (χ4v) is 2.58. The van der Waals surface area contributed by atoms with E-state index in [0.717, 1.165) is 36.7 Å². The van der Waals surface area contributed by atoms with E-state index in [1.807, 2.05) is 13.0 Å². The van der Waals surface area contributed by atoms with Crippen LogP contribution < -0.4 is 5.73 Å². The summed E-state index contributed by atoms with van der Waals surface area (Å²) in [4.78, 5) is 4.67. The molecule has 0 amide bonds. The number of nitrogens with two attached hydrogens (primary N) is 1. The summed E-state index contributed by atoms with van der Waals surface area (Å²) in [6.07, 6.45) is 3.22. The number of hydrogen-bond donors (Lipinski definition) is 1. The van der Waals surface area contributed by atoms with E-state index in [9.17, 15) is 0 Å². The molecule has 0 aliphatic heterocycles. The number of hydrogen-bond acceptors (Lipinski definition) is 2. The molecule has 1 unspecified atom stereocenters. The highest BCUT2D eigenvalue weighted by Crippen LogP contribution is 2.24. The second-order valence-electron chi connectivity index (χ2n) is 5.51. The highest BCUT2D eigenvalue weighted by molar-refractivity contribution is 5.39. The lowest BCUT2D eigenvalue weighted by Gasteiger charge is -2.11. The number of imidazole rings is 1. The van der Waals surface area contributed by atoms with Crippen molar-refractivity contribution in [1.82, 2.24) is 9.55 Å². The van der Waals surface area contributed by atoms with E-state index in [4.69, 9.17) is 5.73 Å². The molecule has 0 spiro atoms. The first-order valence-corrected chi connectivity index (χ1v) is 7.49. The molecule has 0 saturated heterocycles. The Morgan fingerprint density at radius 3 is 2.60 bits per heavy atom. The molecule has 0 bridgehead atoms. The Bertz CT molecular complexity index is 543. The Kier molecular flexibility index (Phi) is 4.83. The molecular weight excluding hydrogens is 246 g/mol. The highest BCUT2D eigenvalue weighted by Gasteiger charge is 2.15. The summed E-state index contributed by atoms with van der Waals surface area (Å²) in [7, 11) is 0. The summed E-state index contributed by atoms with van der Waals surface area (Å²) in [6.45, 7) is 7.44.